The van der Waals surface area contributed by atoms with Gasteiger partial charge in [0.15, 0.2) is 5.76 Å². The Morgan fingerprint density at radius 1 is 1.04 bits per heavy atom. The zero-order valence-corrected chi connectivity index (χ0v) is 16.5. The molecule has 1 N–H and O–H groups in total. The van der Waals surface area contributed by atoms with E-state index in [-0.39, 0.29) is 5.92 Å². The maximum atomic E-state index is 11.7. The van der Waals surface area contributed by atoms with E-state index in [9.17, 15) is 9.90 Å². The SMILES string of the molecule is CC(C)CC(C(=O)O)N(C)Cc1nc(-c2ccccc2)c(-c2ccccc2)o1. The lowest BCUT2D eigenvalue weighted by atomic mass is 10.0. The Hall–Kier alpha value is -2.92. The summed E-state index contributed by atoms with van der Waals surface area (Å²) in [5.41, 5.74) is 2.68. The molecule has 0 saturated carbocycles. The van der Waals surface area contributed by atoms with Gasteiger partial charge in [0.1, 0.15) is 11.7 Å². The van der Waals surface area contributed by atoms with Gasteiger partial charge in [0.05, 0.1) is 6.54 Å². The van der Waals surface area contributed by atoms with Gasteiger partial charge in [-0.1, -0.05) is 74.5 Å². The van der Waals surface area contributed by atoms with Gasteiger partial charge in [0, 0.05) is 11.1 Å². The lowest BCUT2D eigenvalue weighted by Gasteiger charge is -2.24. The molecule has 1 unspecified atom stereocenters. The zero-order chi connectivity index (χ0) is 20.1. The molecule has 0 aliphatic carbocycles. The summed E-state index contributed by atoms with van der Waals surface area (Å²) in [6.45, 7) is 4.38. The highest BCUT2D eigenvalue weighted by Crippen LogP contribution is 2.33. The minimum atomic E-state index is -0.825. The van der Waals surface area contributed by atoms with Gasteiger partial charge >= 0.3 is 5.97 Å². The van der Waals surface area contributed by atoms with Gasteiger partial charge in [0.2, 0.25) is 5.89 Å². The Balaban J connectivity index is 1.94. The van der Waals surface area contributed by atoms with Crippen LogP contribution in [0.1, 0.15) is 26.2 Å². The van der Waals surface area contributed by atoms with Crippen LogP contribution in [-0.4, -0.2) is 34.0 Å². The van der Waals surface area contributed by atoms with Crippen LogP contribution < -0.4 is 0 Å². The van der Waals surface area contributed by atoms with E-state index in [2.05, 4.69) is 0 Å². The van der Waals surface area contributed by atoms with E-state index in [1.165, 1.54) is 0 Å². The number of benzene rings is 2. The number of rotatable bonds is 8. The quantitative estimate of drug-likeness (QED) is 0.601. The standard InChI is InChI=1S/C23H26N2O3/c1-16(2)14-19(23(26)27)25(3)15-20-24-21(17-10-6-4-7-11-17)22(28-20)18-12-8-5-9-13-18/h4-13,16,19H,14-15H2,1-3H3,(H,26,27). The second-order valence-electron chi connectivity index (χ2n) is 7.42. The van der Waals surface area contributed by atoms with E-state index in [1.807, 2.05) is 74.5 Å². The smallest absolute Gasteiger partial charge is 0.320 e. The molecule has 0 spiro atoms. The molecule has 3 rings (SSSR count). The molecule has 0 saturated heterocycles. The Morgan fingerprint density at radius 2 is 1.61 bits per heavy atom. The number of oxazole rings is 1. The topological polar surface area (TPSA) is 66.6 Å². The second kappa shape index (κ2) is 8.85. The van der Waals surface area contributed by atoms with E-state index in [4.69, 9.17) is 9.40 Å². The van der Waals surface area contributed by atoms with E-state index < -0.39 is 12.0 Å². The third-order valence-electron chi connectivity index (χ3n) is 4.65. The fraction of sp³-hybridized carbons (Fsp3) is 0.304. The zero-order valence-electron chi connectivity index (χ0n) is 16.5. The van der Waals surface area contributed by atoms with Gasteiger partial charge in [-0.3, -0.25) is 9.69 Å². The third-order valence-corrected chi connectivity index (χ3v) is 4.65. The van der Waals surface area contributed by atoms with Crippen molar-refractivity contribution < 1.29 is 14.3 Å². The molecule has 5 heteroatoms. The number of carboxylic acid groups (broad SMARTS) is 1. The fourth-order valence-electron chi connectivity index (χ4n) is 3.25. The van der Waals surface area contributed by atoms with Crippen LogP contribution in [-0.2, 0) is 11.3 Å². The molecule has 28 heavy (non-hydrogen) atoms. The molecule has 0 radical (unpaired) electrons. The number of aromatic nitrogens is 1. The number of aliphatic carboxylic acids is 1. The fourth-order valence-corrected chi connectivity index (χ4v) is 3.25. The largest absolute Gasteiger partial charge is 0.480 e. The Labute approximate surface area is 165 Å². The van der Waals surface area contributed by atoms with E-state index in [0.717, 1.165) is 16.8 Å². The first kappa shape index (κ1) is 19.8. The van der Waals surface area contributed by atoms with Gasteiger partial charge in [-0.15, -0.1) is 0 Å². The molecule has 0 fully saturated rings. The van der Waals surface area contributed by atoms with Crippen molar-refractivity contribution in [3.8, 4) is 22.6 Å². The van der Waals surface area contributed by atoms with Crippen LogP contribution in [0.3, 0.4) is 0 Å². The van der Waals surface area contributed by atoms with Crippen molar-refractivity contribution in [2.24, 2.45) is 5.92 Å². The molecular formula is C23H26N2O3. The number of carboxylic acids is 1. The lowest BCUT2D eigenvalue weighted by Crippen LogP contribution is -2.39. The van der Waals surface area contributed by atoms with Gasteiger partial charge in [-0.2, -0.15) is 0 Å². The van der Waals surface area contributed by atoms with Crippen molar-refractivity contribution in [2.45, 2.75) is 32.9 Å². The minimum absolute atomic E-state index is 0.285. The van der Waals surface area contributed by atoms with E-state index in [0.29, 0.717) is 24.6 Å². The second-order valence-corrected chi connectivity index (χ2v) is 7.42. The van der Waals surface area contributed by atoms with Gasteiger partial charge in [-0.05, 0) is 19.4 Å². The van der Waals surface area contributed by atoms with Crippen molar-refractivity contribution in [3.05, 3.63) is 66.6 Å². The number of nitrogens with zero attached hydrogens (tertiary/aromatic N) is 2. The summed E-state index contributed by atoms with van der Waals surface area (Å²) >= 11 is 0. The van der Waals surface area contributed by atoms with Crippen molar-refractivity contribution in [1.29, 1.82) is 0 Å². The summed E-state index contributed by atoms with van der Waals surface area (Å²) in [5.74, 6) is 0.670. The molecule has 1 aromatic heterocycles. The molecule has 5 nitrogen and oxygen atoms in total. The van der Waals surface area contributed by atoms with Crippen LogP contribution in [0.5, 0.6) is 0 Å². The van der Waals surface area contributed by atoms with Crippen molar-refractivity contribution in [1.82, 2.24) is 9.88 Å². The number of carbonyl (C=O) groups is 1. The van der Waals surface area contributed by atoms with Gasteiger partial charge in [0.25, 0.3) is 0 Å². The van der Waals surface area contributed by atoms with Crippen LogP contribution in [0.15, 0.2) is 65.1 Å². The summed E-state index contributed by atoms with van der Waals surface area (Å²) in [7, 11) is 1.80. The first-order valence-corrected chi connectivity index (χ1v) is 9.49. The predicted molar refractivity (Wildman–Crippen MR) is 110 cm³/mol. The molecule has 3 aromatic rings. The highest BCUT2D eigenvalue weighted by molar-refractivity contribution is 5.77. The monoisotopic (exact) mass is 378 g/mol. The average molecular weight is 378 g/mol. The van der Waals surface area contributed by atoms with Crippen molar-refractivity contribution >= 4 is 5.97 Å². The van der Waals surface area contributed by atoms with Crippen LogP contribution >= 0.6 is 0 Å². The first-order chi connectivity index (χ1) is 13.5. The predicted octanol–water partition coefficient (Wildman–Crippen LogP) is 4.94. The number of hydrogen-bond acceptors (Lipinski definition) is 4. The molecule has 1 heterocycles. The molecule has 0 aliphatic rings. The molecule has 0 bridgehead atoms. The van der Waals surface area contributed by atoms with E-state index >= 15 is 0 Å². The van der Waals surface area contributed by atoms with Crippen LogP contribution in [0.2, 0.25) is 0 Å². The maximum Gasteiger partial charge on any atom is 0.320 e. The van der Waals surface area contributed by atoms with Crippen LogP contribution in [0.25, 0.3) is 22.6 Å². The number of likely N-dealkylation sites (N-methyl/N-ethyl adjacent to an activating group) is 1. The van der Waals surface area contributed by atoms with Crippen LogP contribution in [0, 0.1) is 5.92 Å². The van der Waals surface area contributed by atoms with E-state index in [1.54, 1.807) is 11.9 Å². The highest BCUT2D eigenvalue weighted by Gasteiger charge is 2.26. The highest BCUT2D eigenvalue weighted by atomic mass is 16.4. The molecule has 0 aliphatic heterocycles. The molecular weight excluding hydrogens is 352 g/mol. The Kier molecular flexibility index (Phi) is 6.26. The van der Waals surface area contributed by atoms with Crippen LogP contribution in [0.4, 0.5) is 0 Å². The molecule has 2 aromatic carbocycles. The summed E-state index contributed by atoms with van der Waals surface area (Å²) < 4.78 is 6.12. The Morgan fingerprint density at radius 3 is 2.14 bits per heavy atom. The summed E-state index contributed by atoms with van der Waals surface area (Å²) in [4.78, 5) is 18.2. The van der Waals surface area contributed by atoms with Gasteiger partial charge in [-0.25, -0.2) is 4.98 Å². The molecule has 146 valence electrons. The average Bonchev–Trinajstić information content (AvgIpc) is 3.11. The normalized spacial score (nSPS) is 12.5. The summed E-state index contributed by atoms with van der Waals surface area (Å²) in [6, 6.07) is 19.2. The minimum Gasteiger partial charge on any atom is -0.480 e. The number of hydrogen-bond donors (Lipinski definition) is 1. The molecule has 0 amide bonds. The van der Waals surface area contributed by atoms with Crippen molar-refractivity contribution in [2.75, 3.05) is 7.05 Å². The maximum absolute atomic E-state index is 11.7. The summed E-state index contributed by atoms with van der Waals surface area (Å²) in [6.07, 6.45) is 0.573. The van der Waals surface area contributed by atoms with Crippen molar-refractivity contribution in [3.63, 3.8) is 0 Å². The van der Waals surface area contributed by atoms with Gasteiger partial charge < -0.3 is 9.52 Å². The lowest BCUT2D eigenvalue weighted by molar-refractivity contribution is -0.143. The molecule has 1 atom stereocenters. The Bertz CT molecular complexity index is 847. The summed E-state index contributed by atoms with van der Waals surface area (Å²) in [5, 5.41) is 9.59. The third kappa shape index (κ3) is 4.67. The first-order valence-electron chi connectivity index (χ1n) is 9.49.